The van der Waals surface area contributed by atoms with E-state index >= 15 is 0 Å². The third-order valence-electron chi connectivity index (χ3n) is 4.08. The Bertz CT molecular complexity index is 770. The highest BCUT2D eigenvalue weighted by atomic mass is 16.5. The van der Waals surface area contributed by atoms with Crippen LogP contribution in [0.2, 0.25) is 0 Å². The second-order valence-corrected chi connectivity index (χ2v) is 5.99. The Kier molecular flexibility index (Phi) is 5.80. The molecular formula is C19H20N2O5. The van der Waals surface area contributed by atoms with E-state index in [1.165, 1.54) is 18.3 Å². The monoisotopic (exact) mass is 356 g/mol. The van der Waals surface area contributed by atoms with Gasteiger partial charge in [0.15, 0.2) is 0 Å². The molecule has 1 amide bonds. The first-order chi connectivity index (χ1) is 12.6. The van der Waals surface area contributed by atoms with Crippen LogP contribution in [0.4, 0.5) is 5.69 Å². The summed E-state index contributed by atoms with van der Waals surface area (Å²) >= 11 is 0. The van der Waals surface area contributed by atoms with Gasteiger partial charge in [-0.3, -0.25) is 4.79 Å². The van der Waals surface area contributed by atoms with Crippen LogP contribution >= 0.6 is 0 Å². The van der Waals surface area contributed by atoms with Crippen molar-refractivity contribution >= 4 is 17.6 Å². The highest BCUT2D eigenvalue weighted by Gasteiger charge is 2.16. The number of nitrogens with zero attached hydrogens (tertiary/aromatic N) is 1. The van der Waals surface area contributed by atoms with Crippen LogP contribution in [-0.4, -0.2) is 41.3 Å². The van der Waals surface area contributed by atoms with E-state index < -0.39 is 5.97 Å². The van der Waals surface area contributed by atoms with Crippen molar-refractivity contribution in [2.45, 2.75) is 25.4 Å². The lowest BCUT2D eigenvalue weighted by Crippen LogP contribution is -2.26. The van der Waals surface area contributed by atoms with Crippen molar-refractivity contribution in [3.05, 3.63) is 53.9 Å². The number of para-hydroxylation sites is 2. The number of hydrogen-bond acceptors (Lipinski definition) is 5. The van der Waals surface area contributed by atoms with Crippen molar-refractivity contribution in [2.24, 2.45) is 0 Å². The molecule has 3 rings (SSSR count). The van der Waals surface area contributed by atoms with Crippen molar-refractivity contribution in [3.8, 4) is 5.75 Å². The fourth-order valence-corrected chi connectivity index (χ4v) is 2.67. The molecule has 2 N–H and O–H groups in total. The van der Waals surface area contributed by atoms with Crippen molar-refractivity contribution in [1.29, 1.82) is 0 Å². The number of nitrogens with one attached hydrogen (secondary N) is 1. The molecule has 0 aliphatic carbocycles. The summed E-state index contributed by atoms with van der Waals surface area (Å²) in [6.07, 6.45) is 4.48. The van der Waals surface area contributed by atoms with Gasteiger partial charge in [0.05, 0.1) is 17.4 Å². The van der Waals surface area contributed by atoms with Gasteiger partial charge in [0.25, 0.3) is 5.91 Å². The molecule has 0 spiro atoms. The molecule has 1 aliphatic heterocycles. The summed E-state index contributed by atoms with van der Waals surface area (Å²) in [5.74, 6) is -0.967. The Hall–Kier alpha value is -2.93. The van der Waals surface area contributed by atoms with Gasteiger partial charge in [-0.25, -0.2) is 9.78 Å². The number of carboxylic acids is 1. The van der Waals surface area contributed by atoms with E-state index in [2.05, 4.69) is 10.3 Å². The number of carbonyl (C=O) groups is 2. The first-order valence-corrected chi connectivity index (χ1v) is 8.47. The molecule has 1 saturated heterocycles. The molecule has 7 nitrogen and oxygen atoms in total. The van der Waals surface area contributed by atoms with Gasteiger partial charge in [0.2, 0.25) is 0 Å². The zero-order valence-corrected chi connectivity index (χ0v) is 14.2. The van der Waals surface area contributed by atoms with E-state index in [-0.39, 0.29) is 23.3 Å². The molecule has 1 atom stereocenters. The SMILES string of the molecule is O=C(Nc1ccccc1OCC1CCCCO1)c1ccc(C(=O)O)nc1. The van der Waals surface area contributed by atoms with E-state index in [0.717, 1.165) is 25.9 Å². The third-order valence-corrected chi connectivity index (χ3v) is 4.08. The second kappa shape index (κ2) is 8.44. The van der Waals surface area contributed by atoms with Crippen molar-refractivity contribution in [3.63, 3.8) is 0 Å². The lowest BCUT2D eigenvalue weighted by molar-refractivity contribution is -0.0109. The average Bonchev–Trinajstić information content (AvgIpc) is 2.68. The van der Waals surface area contributed by atoms with Crippen LogP contribution in [0.25, 0.3) is 0 Å². The van der Waals surface area contributed by atoms with Gasteiger partial charge in [-0.15, -0.1) is 0 Å². The molecule has 2 aromatic rings. The number of ether oxygens (including phenoxy) is 2. The molecule has 1 fully saturated rings. The Balaban J connectivity index is 1.65. The number of aromatic carboxylic acids is 1. The summed E-state index contributed by atoms with van der Waals surface area (Å²) in [6.45, 7) is 1.19. The normalized spacial score (nSPS) is 16.7. The minimum absolute atomic E-state index is 0.0697. The Labute approximate surface area is 151 Å². The van der Waals surface area contributed by atoms with Gasteiger partial charge >= 0.3 is 5.97 Å². The number of benzene rings is 1. The Morgan fingerprint density at radius 1 is 1.23 bits per heavy atom. The van der Waals surface area contributed by atoms with Gasteiger partial charge in [-0.05, 0) is 43.5 Å². The third kappa shape index (κ3) is 4.58. The molecular weight excluding hydrogens is 336 g/mol. The fourth-order valence-electron chi connectivity index (χ4n) is 2.67. The van der Waals surface area contributed by atoms with Crippen LogP contribution < -0.4 is 10.1 Å². The summed E-state index contributed by atoms with van der Waals surface area (Å²) in [7, 11) is 0. The lowest BCUT2D eigenvalue weighted by atomic mass is 10.1. The van der Waals surface area contributed by atoms with Gasteiger partial charge in [-0.2, -0.15) is 0 Å². The summed E-state index contributed by atoms with van der Waals surface area (Å²) in [5.41, 5.74) is 0.689. The molecule has 1 unspecified atom stereocenters. The fraction of sp³-hybridized carbons (Fsp3) is 0.316. The second-order valence-electron chi connectivity index (χ2n) is 5.99. The summed E-state index contributed by atoms with van der Waals surface area (Å²) in [6, 6.07) is 9.87. The number of carboxylic acid groups (broad SMARTS) is 1. The van der Waals surface area contributed by atoms with Crippen molar-refractivity contribution in [1.82, 2.24) is 4.98 Å². The number of hydrogen-bond donors (Lipinski definition) is 2. The first kappa shape index (κ1) is 17.9. The van der Waals surface area contributed by atoms with Crippen molar-refractivity contribution < 1.29 is 24.2 Å². The number of aromatic nitrogens is 1. The minimum atomic E-state index is -1.14. The van der Waals surface area contributed by atoms with Gasteiger partial charge in [-0.1, -0.05) is 12.1 Å². The zero-order valence-electron chi connectivity index (χ0n) is 14.2. The van der Waals surface area contributed by atoms with Crippen LogP contribution in [0.1, 0.15) is 40.1 Å². The van der Waals surface area contributed by atoms with Crippen molar-refractivity contribution in [2.75, 3.05) is 18.5 Å². The summed E-state index contributed by atoms with van der Waals surface area (Å²) < 4.78 is 11.5. The topological polar surface area (TPSA) is 97.8 Å². The van der Waals surface area contributed by atoms with Crippen LogP contribution in [-0.2, 0) is 4.74 Å². The molecule has 26 heavy (non-hydrogen) atoms. The standard InChI is InChI=1S/C19H20N2O5/c22-18(13-8-9-16(19(23)24)20-11-13)21-15-6-1-2-7-17(15)26-12-14-5-3-4-10-25-14/h1-2,6-9,11,14H,3-5,10,12H2,(H,21,22)(H,23,24). The maximum atomic E-state index is 12.4. The molecule has 0 radical (unpaired) electrons. The maximum absolute atomic E-state index is 12.4. The van der Waals surface area contributed by atoms with Crippen LogP contribution in [0.5, 0.6) is 5.75 Å². The minimum Gasteiger partial charge on any atom is -0.489 e. The Morgan fingerprint density at radius 3 is 2.77 bits per heavy atom. The predicted molar refractivity (Wildman–Crippen MR) is 94.7 cm³/mol. The van der Waals surface area contributed by atoms with Gasteiger partial charge in [0.1, 0.15) is 18.1 Å². The van der Waals surface area contributed by atoms with Crippen LogP contribution in [0.3, 0.4) is 0 Å². The van der Waals surface area contributed by atoms with E-state index in [1.54, 1.807) is 18.2 Å². The number of pyridine rings is 1. The van der Waals surface area contributed by atoms with Crippen LogP contribution in [0, 0.1) is 0 Å². The number of rotatable bonds is 6. The van der Waals surface area contributed by atoms with E-state index in [0.29, 0.717) is 18.0 Å². The summed E-state index contributed by atoms with van der Waals surface area (Å²) in [5, 5.41) is 11.6. The molecule has 2 heterocycles. The highest BCUT2D eigenvalue weighted by molar-refractivity contribution is 6.05. The van der Waals surface area contributed by atoms with Gasteiger partial charge < -0.3 is 19.9 Å². The quantitative estimate of drug-likeness (QED) is 0.826. The van der Waals surface area contributed by atoms with Gasteiger partial charge in [0, 0.05) is 12.8 Å². The van der Waals surface area contributed by atoms with E-state index in [9.17, 15) is 9.59 Å². The van der Waals surface area contributed by atoms with E-state index in [4.69, 9.17) is 14.6 Å². The molecule has 0 bridgehead atoms. The molecule has 0 saturated carbocycles. The number of amides is 1. The number of carbonyl (C=O) groups excluding carboxylic acids is 1. The molecule has 136 valence electrons. The first-order valence-electron chi connectivity index (χ1n) is 8.47. The average molecular weight is 356 g/mol. The molecule has 1 aliphatic rings. The molecule has 7 heteroatoms. The largest absolute Gasteiger partial charge is 0.489 e. The lowest BCUT2D eigenvalue weighted by Gasteiger charge is -2.23. The zero-order chi connectivity index (χ0) is 18.4. The smallest absolute Gasteiger partial charge is 0.354 e. The molecule has 1 aromatic heterocycles. The Morgan fingerprint density at radius 2 is 2.08 bits per heavy atom. The molecule has 1 aromatic carbocycles. The predicted octanol–water partition coefficient (Wildman–Crippen LogP) is 2.98. The number of anilines is 1. The summed E-state index contributed by atoms with van der Waals surface area (Å²) in [4.78, 5) is 27.0. The maximum Gasteiger partial charge on any atom is 0.354 e. The van der Waals surface area contributed by atoms with Crippen LogP contribution in [0.15, 0.2) is 42.6 Å². The van der Waals surface area contributed by atoms with E-state index in [1.807, 2.05) is 6.07 Å². The highest BCUT2D eigenvalue weighted by Crippen LogP contribution is 2.25.